The van der Waals surface area contributed by atoms with Gasteiger partial charge >= 0.3 is 0 Å². The number of benzene rings is 1. The van der Waals surface area contributed by atoms with Crippen LogP contribution in [0.3, 0.4) is 0 Å². The number of aryl methyl sites for hydroxylation is 1. The number of carbonyl (C=O) groups is 1. The molecule has 4 heteroatoms. The maximum absolute atomic E-state index is 12.6. The van der Waals surface area contributed by atoms with E-state index >= 15 is 0 Å². The Morgan fingerprint density at radius 1 is 1.17 bits per heavy atom. The van der Waals surface area contributed by atoms with E-state index in [1.54, 1.807) is 11.8 Å². The molecule has 0 saturated carbocycles. The summed E-state index contributed by atoms with van der Waals surface area (Å²) in [4.78, 5) is 13.7. The van der Waals surface area contributed by atoms with Crippen LogP contribution in [0.4, 0.5) is 0 Å². The summed E-state index contributed by atoms with van der Waals surface area (Å²) >= 11 is 1.62. The van der Waals surface area contributed by atoms with E-state index in [-0.39, 0.29) is 28.3 Å². The molecule has 1 aliphatic heterocycles. The summed E-state index contributed by atoms with van der Waals surface area (Å²) in [7, 11) is 0. The summed E-state index contributed by atoms with van der Waals surface area (Å²) < 4.78 is 0. The molecule has 128 valence electrons. The number of rotatable bonds is 4. The molecule has 2 rings (SSSR count). The summed E-state index contributed by atoms with van der Waals surface area (Å²) in [5, 5.41) is 6.83. The van der Waals surface area contributed by atoms with Gasteiger partial charge in [-0.25, -0.2) is 0 Å². The van der Waals surface area contributed by atoms with Crippen molar-refractivity contribution in [2.24, 2.45) is 0 Å². The van der Waals surface area contributed by atoms with E-state index < -0.39 is 0 Å². The van der Waals surface area contributed by atoms with Crippen LogP contribution in [0.2, 0.25) is 0 Å². The Labute approximate surface area is 145 Å². The standard InChI is InChI=1S/C19H30N2OS/c1-13-7-9-16(10-8-13)23-14(2)17(22)20-15-11-18(3,4)21-19(5,6)12-15/h7-10,14-15,21H,11-12H2,1-6H3,(H,20,22)/t14-/m1/s1. The van der Waals surface area contributed by atoms with E-state index in [1.165, 1.54) is 5.56 Å². The van der Waals surface area contributed by atoms with Crippen LogP contribution >= 0.6 is 11.8 Å². The Morgan fingerprint density at radius 3 is 2.22 bits per heavy atom. The molecule has 0 radical (unpaired) electrons. The largest absolute Gasteiger partial charge is 0.352 e. The molecule has 1 aromatic rings. The molecule has 1 aliphatic rings. The molecule has 2 N–H and O–H groups in total. The van der Waals surface area contributed by atoms with Crippen LogP contribution in [0.5, 0.6) is 0 Å². The highest BCUT2D eigenvalue weighted by Crippen LogP contribution is 2.29. The van der Waals surface area contributed by atoms with E-state index in [2.05, 4.69) is 69.5 Å². The fraction of sp³-hybridized carbons (Fsp3) is 0.632. The first-order valence-corrected chi connectivity index (χ1v) is 9.27. The summed E-state index contributed by atoms with van der Waals surface area (Å²) in [5.41, 5.74) is 1.34. The summed E-state index contributed by atoms with van der Waals surface area (Å²) in [5.74, 6) is 0.133. The lowest BCUT2D eigenvalue weighted by Crippen LogP contribution is -2.62. The topological polar surface area (TPSA) is 41.1 Å². The molecule has 1 saturated heterocycles. The van der Waals surface area contributed by atoms with Gasteiger partial charge in [0.2, 0.25) is 5.91 Å². The zero-order valence-corrected chi connectivity index (χ0v) is 16.0. The van der Waals surface area contributed by atoms with Gasteiger partial charge < -0.3 is 10.6 Å². The molecular formula is C19H30N2OS. The first-order valence-electron chi connectivity index (χ1n) is 8.39. The molecule has 1 amide bonds. The first kappa shape index (κ1) is 18.3. The van der Waals surface area contributed by atoms with E-state index in [9.17, 15) is 4.79 Å². The first-order chi connectivity index (χ1) is 10.6. The molecular weight excluding hydrogens is 304 g/mol. The second-order valence-electron chi connectivity index (χ2n) is 8.08. The minimum atomic E-state index is -0.0844. The van der Waals surface area contributed by atoms with Crippen molar-refractivity contribution < 1.29 is 4.79 Å². The number of hydrogen-bond acceptors (Lipinski definition) is 3. The average molecular weight is 335 g/mol. The SMILES string of the molecule is Cc1ccc(S[C@H](C)C(=O)NC2CC(C)(C)NC(C)(C)C2)cc1. The molecule has 0 spiro atoms. The Kier molecular flexibility index (Phi) is 5.47. The highest BCUT2D eigenvalue weighted by Gasteiger charge is 2.38. The van der Waals surface area contributed by atoms with Crippen molar-refractivity contribution in [1.29, 1.82) is 0 Å². The monoisotopic (exact) mass is 334 g/mol. The lowest BCUT2D eigenvalue weighted by molar-refractivity contribution is -0.121. The summed E-state index contributed by atoms with van der Waals surface area (Å²) in [6.45, 7) is 12.9. The van der Waals surface area contributed by atoms with Gasteiger partial charge in [0.05, 0.1) is 5.25 Å². The number of carbonyl (C=O) groups excluding carboxylic acids is 1. The van der Waals surface area contributed by atoms with Gasteiger partial charge in [0.25, 0.3) is 0 Å². The third kappa shape index (κ3) is 5.54. The predicted molar refractivity (Wildman–Crippen MR) is 99.0 cm³/mol. The van der Waals surface area contributed by atoms with Gasteiger partial charge in [-0.2, -0.15) is 0 Å². The van der Waals surface area contributed by atoms with Gasteiger partial charge in [-0.15, -0.1) is 11.8 Å². The fourth-order valence-corrected chi connectivity index (χ4v) is 4.49. The van der Waals surface area contributed by atoms with Crippen LogP contribution in [-0.4, -0.2) is 28.3 Å². The van der Waals surface area contributed by atoms with Crippen LogP contribution in [0, 0.1) is 6.92 Å². The quantitative estimate of drug-likeness (QED) is 0.821. The zero-order valence-electron chi connectivity index (χ0n) is 15.2. The number of amides is 1. The lowest BCUT2D eigenvalue weighted by atomic mass is 9.79. The van der Waals surface area contributed by atoms with Crippen LogP contribution < -0.4 is 10.6 Å². The molecule has 0 aliphatic carbocycles. The molecule has 3 nitrogen and oxygen atoms in total. The molecule has 1 aromatic carbocycles. The van der Waals surface area contributed by atoms with Gasteiger partial charge in [-0.3, -0.25) is 4.79 Å². The second-order valence-corrected chi connectivity index (χ2v) is 9.49. The number of hydrogen-bond donors (Lipinski definition) is 2. The summed E-state index contributed by atoms with van der Waals surface area (Å²) in [6, 6.07) is 8.58. The van der Waals surface area contributed by atoms with E-state index in [1.807, 2.05) is 6.92 Å². The molecule has 0 unspecified atom stereocenters. The van der Waals surface area contributed by atoms with Gasteiger partial charge in [0, 0.05) is 22.0 Å². The third-order valence-electron chi connectivity index (χ3n) is 4.24. The molecule has 1 fully saturated rings. The normalized spacial score (nSPS) is 21.7. The van der Waals surface area contributed by atoms with E-state index in [0.29, 0.717) is 0 Å². The average Bonchev–Trinajstić information content (AvgIpc) is 2.37. The van der Waals surface area contributed by atoms with Crippen molar-refractivity contribution in [2.75, 3.05) is 0 Å². The Morgan fingerprint density at radius 2 is 1.70 bits per heavy atom. The van der Waals surface area contributed by atoms with Crippen LogP contribution in [-0.2, 0) is 4.79 Å². The molecule has 0 bridgehead atoms. The van der Waals surface area contributed by atoms with Gasteiger partial charge in [-0.1, -0.05) is 17.7 Å². The number of nitrogens with one attached hydrogen (secondary N) is 2. The maximum Gasteiger partial charge on any atom is 0.233 e. The second kappa shape index (κ2) is 6.86. The maximum atomic E-state index is 12.6. The van der Waals surface area contributed by atoms with Crippen LogP contribution in [0.15, 0.2) is 29.2 Å². The third-order valence-corrected chi connectivity index (χ3v) is 5.35. The number of thioether (sulfide) groups is 1. The Bertz CT molecular complexity index is 535. The molecule has 1 atom stereocenters. The Balaban J connectivity index is 1.94. The van der Waals surface area contributed by atoms with Gasteiger partial charge in [0.1, 0.15) is 0 Å². The van der Waals surface area contributed by atoms with E-state index in [0.717, 1.165) is 17.7 Å². The van der Waals surface area contributed by atoms with Gasteiger partial charge in [0.15, 0.2) is 0 Å². The molecule has 1 heterocycles. The van der Waals surface area contributed by atoms with Crippen molar-refractivity contribution in [2.45, 2.75) is 81.6 Å². The van der Waals surface area contributed by atoms with Crippen LogP contribution in [0.1, 0.15) is 53.0 Å². The highest BCUT2D eigenvalue weighted by molar-refractivity contribution is 8.00. The predicted octanol–water partition coefficient (Wildman–Crippen LogP) is 3.90. The zero-order chi connectivity index (χ0) is 17.3. The molecule has 0 aromatic heterocycles. The van der Waals surface area contributed by atoms with E-state index in [4.69, 9.17) is 0 Å². The minimum absolute atomic E-state index is 0.0486. The van der Waals surface area contributed by atoms with Crippen molar-refractivity contribution in [3.63, 3.8) is 0 Å². The smallest absolute Gasteiger partial charge is 0.233 e. The summed E-state index contributed by atoms with van der Waals surface area (Å²) in [6.07, 6.45) is 1.92. The Hall–Kier alpha value is -1.00. The van der Waals surface area contributed by atoms with Crippen LogP contribution in [0.25, 0.3) is 0 Å². The minimum Gasteiger partial charge on any atom is -0.352 e. The van der Waals surface area contributed by atoms with Crippen molar-refractivity contribution in [1.82, 2.24) is 10.6 Å². The van der Waals surface area contributed by atoms with Crippen molar-refractivity contribution in [3.8, 4) is 0 Å². The van der Waals surface area contributed by atoms with Gasteiger partial charge in [-0.05, 0) is 66.5 Å². The molecule has 23 heavy (non-hydrogen) atoms. The lowest BCUT2D eigenvalue weighted by Gasteiger charge is -2.46. The fourth-order valence-electron chi connectivity index (χ4n) is 3.62. The van der Waals surface area contributed by atoms with Crippen molar-refractivity contribution in [3.05, 3.63) is 29.8 Å². The van der Waals surface area contributed by atoms with Crippen molar-refractivity contribution >= 4 is 17.7 Å². The highest BCUT2D eigenvalue weighted by atomic mass is 32.2. The number of piperidine rings is 1.